The van der Waals surface area contributed by atoms with Gasteiger partial charge in [-0.3, -0.25) is 0 Å². The average Bonchev–Trinajstić information content (AvgIpc) is 2.03. The van der Waals surface area contributed by atoms with Crippen LogP contribution in [0.15, 0.2) is 12.1 Å². The monoisotopic (exact) mass is 187 g/mol. The standard InChI is InChI=1S/C9H11ClFN/c1-3-6-4-7(10)5-8(11)9(6)12-2/h4-5,12H,3H2,1-2H3. The van der Waals surface area contributed by atoms with Crippen LogP contribution in [0.3, 0.4) is 0 Å². The first kappa shape index (κ1) is 9.33. The Morgan fingerprint density at radius 2 is 2.17 bits per heavy atom. The Hall–Kier alpha value is -0.760. The number of anilines is 1. The van der Waals surface area contributed by atoms with Crippen LogP contribution in [-0.2, 0) is 6.42 Å². The van der Waals surface area contributed by atoms with Gasteiger partial charge in [-0.2, -0.15) is 0 Å². The van der Waals surface area contributed by atoms with Crippen molar-refractivity contribution in [2.75, 3.05) is 12.4 Å². The summed E-state index contributed by atoms with van der Waals surface area (Å²) in [6.07, 6.45) is 0.771. The molecule has 0 fully saturated rings. The van der Waals surface area contributed by atoms with Crippen LogP contribution < -0.4 is 5.32 Å². The van der Waals surface area contributed by atoms with E-state index in [4.69, 9.17) is 11.6 Å². The van der Waals surface area contributed by atoms with Crippen LogP contribution in [-0.4, -0.2) is 7.05 Å². The molecule has 0 aromatic heterocycles. The number of nitrogens with one attached hydrogen (secondary N) is 1. The molecule has 1 aromatic rings. The zero-order valence-corrected chi connectivity index (χ0v) is 7.87. The van der Waals surface area contributed by atoms with Crippen LogP contribution in [0, 0.1) is 5.82 Å². The number of aryl methyl sites for hydroxylation is 1. The van der Waals surface area contributed by atoms with Gasteiger partial charge in [0.05, 0.1) is 5.69 Å². The number of rotatable bonds is 2. The van der Waals surface area contributed by atoms with Crippen LogP contribution >= 0.6 is 11.6 Å². The first-order valence-electron chi connectivity index (χ1n) is 3.84. The maximum absolute atomic E-state index is 13.2. The van der Waals surface area contributed by atoms with Gasteiger partial charge >= 0.3 is 0 Å². The molecular weight excluding hydrogens is 177 g/mol. The van der Waals surface area contributed by atoms with E-state index in [2.05, 4.69) is 5.32 Å². The molecule has 0 radical (unpaired) electrons. The van der Waals surface area contributed by atoms with Gasteiger partial charge in [0.1, 0.15) is 5.82 Å². The van der Waals surface area contributed by atoms with E-state index < -0.39 is 0 Å². The van der Waals surface area contributed by atoms with Gasteiger partial charge in [0.15, 0.2) is 0 Å². The summed E-state index contributed by atoms with van der Waals surface area (Å²) >= 11 is 5.69. The molecule has 0 aliphatic heterocycles. The van der Waals surface area contributed by atoms with Crippen molar-refractivity contribution in [3.8, 4) is 0 Å². The third-order valence-electron chi connectivity index (χ3n) is 1.77. The number of halogens is 2. The summed E-state index contributed by atoms with van der Waals surface area (Å²) in [6.45, 7) is 1.96. The topological polar surface area (TPSA) is 12.0 Å². The molecular formula is C9H11ClFN. The van der Waals surface area contributed by atoms with Crippen molar-refractivity contribution in [1.29, 1.82) is 0 Å². The SMILES string of the molecule is CCc1cc(Cl)cc(F)c1NC. The van der Waals surface area contributed by atoms with Crippen molar-refractivity contribution in [1.82, 2.24) is 0 Å². The Balaban J connectivity index is 3.24. The predicted octanol–water partition coefficient (Wildman–Crippen LogP) is 3.08. The Bertz CT molecular complexity index is 286. The summed E-state index contributed by atoms with van der Waals surface area (Å²) in [5.41, 5.74) is 1.45. The van der Waals surface area contributed by atoms with Crippen molar-refractivity contribution in [3.63, 3.8) is 0 Å². The van der Waals surface area contributed by atoms with Crippen LogP contribution in [0.1, 0.15) is 12.5 Å². The van der Waals surface area contributed by atoms with E-state index in [0.29, 0.717) is 10.7 Å². The van der Waals surface area contributed by atoms with Gasteiger partial charge in [-0.05, 0) is 24.1 Å². The van der Waals surface area contributed by atoms with Gasteiger partial charge < -0.3 is 5.32 Å². The van der Waals surface area contributed by atoms with Gasteiger partial charge in [-0.15, -0.1) is 0 Å². The highest BCUT2D eigenvalue weighted by Crippen LogP contribution is 2.24. The molecule has 12 heavy (non-hydrogen) atoms. The quantitative estimate of drug-likeness (QED) is 0.751. The van der Waals surface area contributed by atoms with Gasteiger partial charge in [-0.25, -0.2) is 4.39 Å². The third kappa shape index (κ3) is 1.69. The van der Waals surface area contributed by atoms with Gasteiger partial charge in [0, 0.05) is 12.1 Å². The van der Waals surface area contributed by atoms with Crippen molar-refractivity contribution < 1.29 is 4.39 Å². The molecule has 0 atom stereocenters. The second-order valence-electron chi connectivity index (χ2n) is 2.53. The smallest absolute Gasteiger partial charge is 0.148 e. The molecule has 0 heterocycles. The summed E-state index contributed by atoms with van der Waals surface area (Å²) < 4.78 is 13.2. The second kappa shape index (κ2) is 3.76. The Kier molecular flexibility index (Phi) is 2.93. The third-order valence-corrected chi connectivity index (χ3v) is 1.99. The molecule has 1 nitrogen and oxygen atoms in total. The fraction of sp³-hybridized carbons (Fsp3) is 0.333. The van der Waals surface area contributed by atoms with Gasteiger partial charge in [0.2, 0.25) is 0 Å². The zero-order valence-electron chi connectivity index (χ0n) is 7.12. The lowest BCUT2D eigenvalue weighted by Crippen LogP contribution is -1.97. The van der Waals surface area contributed by atoms with Crippen molar-refractivity contribution >= 4 is 17.3 Å². The Morgan fingerprint density at radius 3 is 2.67 bits per heavy atom. The van der Waals surface area contributed by atoms with Crippen molar-refractivity contribution in [2.24, 2.45) is 0 Å². The molecule has 1 rings (SSSR count). The Labute approximate surface area is 76.5 Å². The maximum atomic E-state index is 13.2. The van der Waals surface area contributed by atoms with E-state index in [9.17, 15) is 4.39 Å². The fourth-order valence-electron chi connectivity index (χ4n) is 1.19. The lowest BCUT2D eigenvalue weighted by atomic mass is 10.1. The predicted molar refractivity (Wildman–Crippen MR) is 50.3 cm³/mol. The molecule has 0 unspecified atom stereocenters. The number of hydrogen-bond donors (Lipinski definition) is 1. The van der Waals surface area contributed by atoms with E-state index in [1.54, 1.807) is 13.1 Å². The molecule has 0 aliphatic carbocycles. The van der Waals surface area contributed by atoms with E-state index >= 15 is 0 Å². The summed E-state index contributed by atoms with van der Waals surface area (Å²) in [7, 11) is 1.70. The van der Waals surface area contributed by atoms with E-state index in [1.165, 1.54) is 6.07 Å². The zero-order chi connectivity index (χ0) is 9.14. The molecule has 0 spiro atoms. The largest absolute Gasteiger partial charge is 0.386 e. The van der Waals surface area contributed by atoms with Crippen LogP contribution in [0.2, 0.25) is 5.02 Å². The lowest BCUT2D eigenvalue weighted by Gasteiger charge is -2.08. The van der Waals surface area contributed by atoms with Crippen LogP contribution in [0.4, 0.5) is 10.1 Å². The maximum Gasteiger partial charge on any atom is 0.148 e. The lowest BCUT2D eigenvalue weighted by molar-refractivity contribution is 0.629. The first-order chi connectivity index (χ1) is 5.69. The molecule has 0 aliphatic rings. The van der Waals surface area contributed by atoms with Gasteiger partial charge in [-0.1, -0.05) is 18.5 Å². The summed E-state index contributed by atoms with van der Waals surface area (Å²) in [5, 5.41) is 3.26. The minimum absolute atomic E-state index is 0.290. The molecule has 0 saturated heterocycles. The average molecular weight is 188 g/mol. The van der Waals surface area contributed by atoms with Crippen molar-refractivity contribution in [2.45, 2.75) is 13.3 Å². The molecule has 3 heteroatoms. The molecule has 0 bridgehead atoms. The van der Waals surface area contributed by atoms with Crippen molar-refractivity contribution in [3.05, 3.63) is 28.5 Å². The Morgan fingerprint density at radius 1 is 1.50 bits per heavy atom. The molecule has 0 saturated carbocycles. The summed E-state index contributed by atoms with van der Waals surface area (Å²) in [5.74, 6) is -0.290. The summed E-state index contributed by atoms with van der Waals surface area (Å²) in [4.78, 5) is 0. The molecule has 1 aromatic carbocycles. The van der Waals surface area contributed by atoms with E-state index in [1.807, 2.05) is 6.92 Å². The molecule has 0 amide bonds. The van der Waals surface area contributed by atoms with E-state index in [0.717, 1.165) is 12.0 Å². The highest BCUT2D eigenvalue weighted by Gasteiger charge is 2.06. The second-order valence-corrected chi connectivity index (χ2v) is 2.96. The minimum Gasteiger partial charge on any atom is -0.386 e. The number of hydrogen-bond acceptors (Lipinski definition) is 1. The highest BCUT2D eigenvalue weighted by atomic mass is 35.5. The normalized spacial score (nSPS) is 10.0. The minimum atomic E-state index is -0.290. The fourth-order valence-corrected chi connectivity index (χ4v) is 1.41. The molecule has 66 valence electrons. The number of benzene rings is 1. The van der Waals surface area contributed by atoms with Gasteiger partial charge in [0.25, 0.3) is 0 Å². The summed E-state index contributed by atoms with van der Waals surface area (Å²) in [6, 6.07) is 3.09. The van der Waals surface area contributed by atoms with E-state index in [-0.39, 0.29) is 5.82 Å². The first-order valence-corrected chi connectivity index (χ1v) is 4.22. The van der Waals surface area contributed by atoms with Crippen LogP contribution in [0.5, 0.6) is 0 Å². The molecule has 1 N–H and O–H groups in total. The highest BCUT2D eigenvalue weighted by molar-refractivity contribution is 6.30. The van der Waals surface area contributed by atoms with Crippen LogP contribution in [0.25, 0.3) is 0 Å².